The highest BCUT2D eigenvalue weighted by atomic mass is 35.5. The van der Waals surface area contributed by atoms with Crippen LogP contribution in [0.4, 0.5) is 0 Å². The van der Waals surface area contributed by atoms with E-state index in [-0.39, 0.29) is 12.7 Å². The van der Waals surface area contributed by atoms with E-state index in [1.54, 1.807) is 29.2 Å². The van der Waals surface area contributed by atoms with Crippen LogP contribution >= 0.6 is 46.3 Å². The first kappa shape index (κ1) is 23.8. The number of fused-ring (bicyclic) bond motifs is 1. The predicted molar refractivity (Wildman–Crippen MR) is 136 cm³/mol. The summed E-state index contributed by atoms with van der Waals surface area (Å²) in [6.07, 6.45) is 0.334. The van der Waals surface area contributed by atoms with E-state index >= 15 is 0 Å². The molecule has 1 saturated heterocycles. The molecule has 1 fully saturated rings. The van der Waals surface area contributed by atoms with E-state index in [0.717, 1.165) is 59.8 Å². The van der Waals surface area contributed by atoms with Gasteiger partial charge in [0, 0.05) is 53.9 Å². The van der Waals surface area contributed by atoms with Gasteiger partial charge in [-0.25, -0.2) is 4.98 Å². The summed E-state index contributed by atoms with van der Waals surface area (Å²) in [5.74, 6) is 2.45. The van der Waals surface area contributed by atoms with Crippen molar-refractivity contribution in [3.05, 3.63) is 68.6 Å². The topological polar surface area (TPSA) is 54.9 Å². The average molecular weight is 537 g/mol. The largest absolute Gasteiger partial charge is 0.454 e. The Labute approximate surface area is 216 Å². The maximum Gasteiger partial charge on any atom is 0.231 e. The quantitative estimate of drug-likeness (QED) is 0.379. The fourth-order valence-corrected chi connectivity index (χ4v) is 6.34. The Morgan fingerprint density at radius 3 is 2.71 bits per heavy atom. The molecule has 1 aromatic heterocycles. The van der Waals surface area contributed by atoms with Crippen LogP contribution in [-0.2, 0) is 23.5 Å². The van der Waals surface area contributed by atoms with E-state index in [9.17, 15) is 4.79 Å². The fourth-order valence-electron chi connectivity index (χ4n) is 3.93. The second-order valence-corrected chi connectivity index (χ2v) is 11.1. The van der Waals surface area contributed by atoms with Crippen LogP contribution in [0.5, 0.6) is 11.5 Å². The number of aromatic nitrogens is 1. The van der Waals surface area contributed by atoms with Crippen molar-refractivity contribution in [2.75, 3.05) is 33.0 Å². The van der Waals surface area contributed by atoms with Crippen LogP contribution in [0.2, 0.25) is 10.0 Å². The van der Waals surface area contributed by atoms with Crippen molar-refractivity contribution >= 4 is 52.2 Å². The Morgan fingerprint density at radius 2 is 1.88 bits per heavy atom. The summed E-state index contributed by atoms with van der Waals surface area (Å²) in [5.41, 5.74) is 3.03. The molecule has 2 aliphatic heterocycles. The van der Waals surface area contributed by atoms with Gasteiger partial charge in [0.05, 0.1) is 12.1 Å². The van der Waals surface area contributed by atoms with Gasteiger partial charge >= 0.3 is 0 Å². The molecule has 0 unspecified atom stereocenters. The van der Waals surface area contributed by atoms with Crippen molar-refractivity contribution in [3.8, 4) is 11.5 Å². The molecule has 0 spiro atoms. The van der Waals surface area contributed by atoms with Gasteiger partial charge in [0.2, 0.25) is 12.7 Å². The normalized spacial score (nSPS) is 15.6. The van der Waals surface area contributed by atoms with Crippen molar-refractivity contribution in [1.82, 2.24) is 14.8 Å². The third-order valence-corrected chi connectivity index (χ3v) is 8.50. The van der Waals surface area contributed by atoms with Crippen LogP contribution in [0.15, 0.2) is 46.1 Å². The van der Waals surface area contributed by atoms with Gasteiger partial charge in [-0.05, 0) is 35.4 Å². The number of amides is 1. The second kappa shape index (κ2) is 10.7. The lowest BCUT2D eigenvalue weighted by atomic mass is 10.1. The Morgan fingerprint density at radius 1 is 1.06 bits per heavy atom. The molecule has 0 bridgehead atoms. The third-order valence-electron chi connectivity index (χ3n) is 5.80. The summed E-state index contributed by atoms with van der Waals surface area (Å²) in [4.78, 5) is 21.8. The fraction of sp³-hybridized carbons (Fsp3) is 0.333. The van der Waals surface area contributed by atoms with Crippen molar-refractivity contribution in [2.45, 2.75) is 23.1 Å². The highest BCUT2D eigenvalue weighted by Gasteiger charge is 2.23. The molecule has 0 saturated carbocycles. The van der Waals surface area contributed by atoms with Gasteiger partial charge in [-0.3, -0.25) is 9.69 Å². The van der Waals surface area contributed by atoms with Crippen LogP contribution in [0, 0.1) is 0 Å². The van der Waals surface area contributed by atoms with E-state index in [1.165, 1.54) is 5.56 Å². The number of hydrogen-bond donors (Lipinski definition) is 0. The first-order valence-corrected chi connectivity index (χ1v) is 13.6. The number of ether oxygens (including phenoxy) is 2. The summed E-state index contributed by atoms with van der Waals surface area (Å²) in [5, 5.41) is 3.26. The molecule has 0 radical (unpaired) electrons. The van der Waals surface area contributed by atoms with E-state index in [2.05, 4.69) is 16.0 Å². The summed E-state index contributed by atoms with van der Waals surface area (Å²) < 4.78 is 11.8. The number of carbonyl (C=O) groups is 1. The molecule has 3 aromatic rings. The molecule has 0 aliphatic carbocycles. The summed E-state index contributed by atoms with van der Waals surface area (Å²) >= 11 is 15.4. The molecule has 178 valence electrons. The van der Waals surface area contributed by atoms with Crippen LogP contribution in [0.3, 0.4) is 0 Å². The zero-order chi connectivity index (χ0) is 23.5. The average Bonchev–Trinajstić information content (AvgIpc) is 3.48. The summed E-state index contributed by atoms with van der Waals surface area (Å²) in [6, 6.07) is 11.6. The molecule has 6 nitrogen and oxygen atoms in total. The van der Waals surface area contributed by atoms with Crippen molar-refractivity contribution < 1.29 is 14.3 Å². The highest BCUT2D eigenvalue weighted by Crippen LogP contribution is 2.33. The maximum absolute atomic E-state index is 12.8. The molecular formula is C24H23Cl2N3O3S2. The third kappa shape index (κ3) is 5.80. The standard InChI is InChI=1S/C24H23Cl2N3O3S2/c25-18-3-2-17(20(26)10-18)13-33-24-27-19(14-34-24)11-23(30)29-7-5-28(6-8-29)12-16-1-4-21-22(9-16)32-15-31-21/h1-4,9-10,14H,5-8,11-13,15H2. The van der Waals surface area contributed by atoms with E-state index < -0.39 is 0 Å². The van der Waals surface area contributed by atoms with E-state index in [1.807, 2.05) is 34.5 Å². The van der Waals surface area contributed by atoms with Crippen molar-refractivity contribution in [2.24, 2.45) is 0 Å². The number of benzene rings is 2. The van der Waals surface area contributed by atoms with Crippen molar-refractivity contribution in [1.29, 1.82) is 0 Å². The molecular weight excluding hydrogens is 513 g/mol. The molecule has 2 aliphatic rings. The van der Waals surface area contributed by atoms with Crippen molar-refractivity contribution in [3.63, 3.8) is 0 Å². The van der Waals surface area contributed by atoms with Gasteiger partial charge in [0.25, 0.3) is 0 Å². The first-order valence-electron chi connectivity index (χ1n) is 10.9. The smallest absolute Gasteiger partial charge is 0.231 e. The van der Waals surface area contributed by atoms with Gasteiger partial charge in [0.15, 0.2) is 11.5 Å². The number of piperazine rings is 1. The minimum atomic E-state index is 0.130. The number of halogens is 2. The molecule has 2 aromatic carbocycles. The van der Waals surface area contributed by atoms with Crippen LogP contribution in [-0.4, -0.2) is 53.7 Å². The highest BCUT2D eigenvalue weighted by molar-refractivity contribution is 8.00. The monoisotopic (exact) mass is 535 g/mol. The SMILES string of the molecule is O=C(Cc1csc(SCc2ccc(Cl)cc2Cl)n1)N1CCN(Cc2ccc3c(c2)OCO3)CC1. The number of thioether (sulfide) groups is 1. The lowest BCUT2D eigenvalue weighted by Crippen LogP contribution is -2.48. The molecule has 0 N–H and O–H groups in total. The van der Waals surface area contributed by atoms with Gasteiger partial charge in [-0.2, -0.15) is 0 Å². The zero-order valence-electron chi connectivity index (χ0n) is 18.3. The molecule has 34 heavy (non-hydrogen) atoms. The van der Waals surface area contributed by atoms with Gasteiger partial charge < -0.3 is 14.4 Å². The Bertz CT molecular complexity index is 1180. The minimum absolute atomic E-state index is 0.130. The van der Waals surface area contributed by atoms with E-state index in [4.69, 9.17) is 32.7 Å². The van der Waals surface area contributed by atoms with Crippen LogP contribution < -0.4 is 9.47 Å². The van der Waals surface area contributed by atoms with Crippen LogP contribution in [0.25, 0.3) is 0 Å². The molecule has 0 atom stereocenters. The number of hydrogen-bond acceptors (Lipinski definition) is 7. The number of nitrogens with zero attached hydrogens (tertiary/aromatic N) is 3. The maximum atomic E-state index is 12.8. The second-order valence-electron chi connectivity index (χ2n) is 8.15. The Kier molecular flexibility index (Phi) is 7.51. The Balaban J connectivity index is 1.08. The van der Waals surface area contributed by atoms with Gasteiger partial charge in [-0.1, -0.05) is 47.1 Å². The Hall–Kier alpha value is -1.97. The number of carbonyl (C=O) groups excluding carboxylic acids is 1. The molecule has 1 amide bonds. The van der Waals surface area contributed by atoms with Gasteiger partial charge in [0.1, 0.15) is 4.34 Å². The molecule has 5 rings (SSSR count). The lowest BCUT2D eigenvalue weighted by Gasteiger charge is -2.34. The van der Waals surface area contributed by atoms with E-state index in [0.29, 0.717) is 22.2 Å². The summed E-state index contributed by atoms with van der Waals surface area (Å²) in [6.45, 7) is 4.27. The predicted octanol–water partition coefficient (Wildman–Crippen LogP) is 5.36. The minimum Gasteiger partial charge on any atom is -0.454 e. The van der Waals surface area contributed by atoms with Crippen LogP contribution in [0.1, 0.15) is 16.8 Å². The summed E-state index contributed by atoms with van der Waals surface area (Å²) in [7, 11) is 0. The van der Waals surface area contributed by atoms with Gasteiger partial charge in [-0.15, -0.1) is 11.3 Å². The molecule has 10 heteroatoms. The first-order chi connectivity index (χ1) is 16.5. The lowest BCUT2D eigenvalue weighted by molar-refractivity contribution is -0.132. The number of thiazole rings is 1. The number of rotatable bonds is 7. The molecule has 3 heterocycles. The zero-order valence-corrected chi connectivity index (χ0v) is 21.5.